The zero-order chi connectivity index (χ0) is 28.2. The van der Waals surface area contributed by atoms with Crippen molar-refractivity contribution in [2.24, 2.45) is 9.98 Å². The lowest BCUT2D eigenvalue weighted by Crippen LogP contribution is -2.51. The summed E-state index contributed by atoms with van der Waals surface area (Å²) in [6.07, 6.45) is 0.531. The van der Waals surface area contributed by atoms with Crippen LogP contribution in [-0.2, 0) is 4.79 Å². The number of carbonyl (C=O) groups excluding carboxylic acids is 2. The van der Waals surface area contributed by atoms with E-state index in [0.717, 1.165) is 28.0 Å². The van der Waals surface area contributed by atoms with E-state index in [1.165, 1.54) is 0 Å². The van der Waals surface area contributed by atoms with Gasteiger partial charge in [0.1, 0.15) is 17.1 Å². The molecular weight excluding hydrogens is 518 g/mol. The van der Waals surface area contributed by atoms with E-state index in [1.807, 2.05) is 94.7 Å². The highest BCUT2D eigenvalue weighted by molar-refractivity contribution is 6.11. The topological polar surface area (TPSA) is 99.7 Å². The van der Waals surface area contributed by atoms with Crippen LogP contribution in [0, 0.1) is 0 Å². The van der Waals surface area contributed by atoms with E-state index in [4.69, 9.17) is 19.1 Å². The van der Waals surface area contributed by atoms with Gasteiger partial charge in [-0.05, 0) is 42.0 Å². The first-order valence-corrected chi connectivity index (χ1v) is 13.7. The van der Waals surface area contributed by atoms with Crippen molar-refractivity contribution in [3.63, 3.8) is 0 Å². The summed E-state index contributed by atoms with van der Waals surface area (Å²) in [5, 5.41) is 3.91. The van der Waals surface area contributed by atoms with Gasteiger partial charge in [-0.1, -0.05) is 48.5 Å². The molecule has 6 rings (SSSR count). The van der Waals surface area contributed by atoms with Crippen molar-refractivity contribution in [1.29, 1.82) is 0 Å². The molecule has 1 saturated heterocycles. The molecule has 1 atom stereocenters. The van der Waals surface area contributed by atoms with Crippen LogP contribution in [0.15, 0.2) is 99.3 Å². The fourth-order valence-electron chi connectivity index (χ4n) is 5.18. The number of nitrogens with one attached hydrogen (secondary N) is 1. The fourth-order valence-corrected chi connectivity index (χ4v) is 5.18. The van der Waals surface area contributed by atoms with Crippen LogP contribution in [0.2, 0.25) is 0 Å². The lowest BCUT2D eigenvalue weighted by molar-refractivity contribution is -0.121. The van der Waals surface area contributed by atoms with E-state index in [1.54, 1.807) is 7.11 Å². The number of furan rings is 1. The summed E-state index contributed by atoms with van der Waals surface area (Å²) in [6, 6.07) is 26.6. The number of benzene rings is 3. The van der Waals surface area contributed by atoms with Gasteiger partial charge in [0.25, 0.3) is 5.91 Å². The smallest absolute Gasteiger partial charge is 0.253 e. The standard InChI is InChI=1S/C32H31N5O4/c1-40-25-13-11-22(12-14-25)26-20-27(29-19-24-9-5-6-10-28(24)41-29)34-32(33-26)35-30(38)21-36-15-17-37(18-16-36)31(39)23-7-3-2-4-8-23/h2-14,19,26H,15-18,20-21H2,1H3,(H,33,35,38). The maximum Gasteiger partial charge on any atom is 0.253 e. The van der Waals surface area contributed by atoms with Crippen LogP contribution in [-0.4, -0.2) is 73.1 Å². The largest absolute Gasteiger partial charge is 0.497 e. The maximum absolute atomic E-state index is 13.1. The third kappa shape index (κ3) is 6.05. The van der Waals surface area contributed by atoms with Crippen molar-refractivity contribution < 1.29 is 18.7 Å². The average Bonchev–Trinajstić information content (AvgIpc) is 3.46. The number of guanidine groups is 1. The van der Waals surface area contributed by atoms with Crippen molar-refractivity contribution in [2.75, 3.05) is 39.8 Å². The van der Waals surface area contributed by atoms with E-state index >= 15 is 0 Å². The second kappa shape index (κ2) is 11.8. The first-order valence-electron chi connectivity index (χ1n) is 13.7. The van der Waals surface area contributed by atoms with Gasteiger partial charge in [-0.15, -0.1) is 0 Å². The zero-order valence-corrected chi connectivity index (χ0v) is 22.8. The highest BCUT2D eigenvalue weighted by Gasteiger charge is 2.26. The molecule has 2 amide bonds. The Morgan fingerprint density at radius 3 is 2.41 bits per heavy atom. The van der Waals surface area contributed by atoms with E-state index < -0.39 is 0 Å². The van der Waals surface area contributed by atoms with Gasteiger partial charge >= 0.3 is 0 Å². The second-order valence-corrected chi connectivity index (χ2v) is 10.1. The Bertz CT molecular complexity index is 1570. The minimum Gasteiger partial charge on any atom is -0.497 e. The molecule has 1 aromatic heterocycles. The second-order valence-electron chi connectivity index (χ2n) is 10.1. The van der Waals surface area contributed by atoms with Crippen molar-refractivity contribution >= 4 is 34.5 Å². The summed E-state index contributed by atoms with van der Waals surface area (Å²) in [4.78, 5) is 39.2. The van der Waals surface area contributed by atoms with E-state index in [9.17, 15) is 9.59 Å². The molecule has 0 saturated carbocycles. The summed E-state index contributed by atoms with van der Waals surface area (Å²) in [6.45, 7) is 2.54. The number of para-hydroxylation sites is 1. The van der Waals surface area contributed by atoms with Crippen LogP contribution >= 0.6 is 0 Å². The molecule has 0 bridgehead atoms. The fraction of sp³-hybridized carbons (Fsp3) is 0.250. The molecule has 2 aliphatic rings. The lowest BCUT2D eigenvalue weighted by Gasteiger charge is -2.34. The maximum atomic E-state index is 13.1. The van der Waals surface area contributed by atoms with Gasteiger partial charge in [-0.3, -0.25) is 19.8 Å². The third-order valence-electron chi connectivity index (χ3n) is 7.41. The molecule has 2 aliphatic heterocycles. The monoisotopic (exact) mass is 549 g/mol. The number of ether oxygens (including phenoxy) is 1. The summed E-state index contributed by atoms with van der Waals surface area (Å²) < 4.78 is 11.4. The molecule has 9 heteroatoms. The van der Waals surface area contributed by atoms with E-state index in [-0.39, 0.29) is 30.4 Å². The molecule has 4 aromatic rings. The van der Waals surface area contributed by atoms with Gasteiger partial charge in [0.05, 0.1) is 25.4 Å². The van der Waals surface area contributed by atoms with Crippen molar-refractivity contribution in [2.45, 2.75) is 12.5 Å². The minimum atomic E-state index is -0.246. The van der Waals surface area contributed by atoms with Gasteiger partial charge in [0.2, 0.25) is 11.9 Å². The predicted molar refractivity (Wildman–Crippen MR) is 157 cm³/mol. The Balaban J connectivity index is 1.15. The van der Waals surface area contributed by atoms with Crippen LogP contribution < -0.4 is 10.1 Å². The number of aliphatic imine (C=N–C) groups is 2. The van der Waals surface area contributed by atoms with Crippen LogP contribution in [0.3, 0.4) is 0 Å². The average molecular weight is 550 g/mol. The molecule has 0 aliphatic carbocycles. The minimum absolute atomic E-state index is 0.0169. The quantitative estimate of drug-likeness (QED) is 0.387. The van der Waals surface area contributed by atoms with E-state index in [2.05, 4.69) is 5.32 Å². The molecule has 1 unspecified atom stereocenters. The first-order chi connectivity index (χ1) is 20.1. The van der Waals surface area contributed by atoms with Gasteiger partial charge in [-0.2, -0.15) is 0 Å². The lowest BCUT2D eigenvalue weighted by atomic mass is 9.99. The molecule has 1 fully saturated rings. The normalized spacial score (nSPS) is 17.6. The molecule has 41 heavy (non-hydrogen) atoms. The van der Waals surface area contributed by atoms with Crippen LogP contribution in [0.4, 0.5) is 0 Å². The summed E-state index contributed by atoms with van der Waals surface area (Å²) >= 11 is 0. The summed E-state index contributed by atoms with van der Waals surface area (Å²) in [7, 11) is 1.63. The Kier molecular flexibility index (Phi) is 7.60. The highest BCUT2D eigenvalue weighted by Crippen LogP contribution is 2.30. The number of hydrogen-bond acceptors (Lipinski definition) is 7. The van der Waals surface area contributed by atoms with Gasteiger partial charge in [0, 0.05) is 43.5 Å². The SMILES string of the molecule is COc1ccc(C2CC(c3cc4ccccc4o3)=NC(NC(=O)CN3CCN(C(=O)c4ccccc4)CC3)=N2)cc1. The Labute approximate surface area is 238 Å². The molecule has 3 aromatic carbocycles. The number of fused-ring (bicyclic) bond motifs is 1. The van der Waals surface area contributed by atoms with Crippen LogP contribution in [0.1, 0.15) is 34.1 Å². The molecule has 3 heterocycles. The molecule has 9 nitrogen and oxygen atoms in total. The van der Waals surface area contributed by atoms with Crippen molar-refractivity contribution in [1.82, 2.24) is 15.1 Å². The van der Waals surface area contributed by atoms with Crippen molar-refractivity contribution in [3.05, 3.63) is 102 Å². The van der Waals surface area contributed by atoms with Crippen LogP contribution in [0.25, 0.3) is 11.0 Å². The Morgan fingerprint density at radius 1 is 0.951 bits per heavy atom. The number of piperazine rings is 1. The van der Waals surface area contributed by atoms with Gasteiger partial charge < -0.3 is 14.1 Å². The predicted octanol–water partition coefficient (Wildman–Crippen LogP) is 4.31. The van der Waals surface area contributed by atoms with Crippen LogP contribution in [0.5, 0.6) is 5.75 Å². The zero-order valence-electron chi connectivity index (χ0n) is 22.8. The number of rotatable bonds is 6. The number of hydrogen-bond donors (Lipinski definition) is 1. The van der Waals surface area contributed by atoms with Gasteiger partial charge in [-0.25, -0.2) is 9.98 Å². The Morgan fingerprint density at radius 2 is 1.68 bits per heavy atom. The van der Waals surface area contributed by atoms with Crippen molar-refractivity contribution in [3.8, 4) is 5.75 Å². The summed E-state index contributed by atoms with van der Waals surface area (Å²) in [5.41, 5.74) is 3.17. The highest BCUT2D eigenvalue weighted by atomic mass is 16.5. The third-order valence-corrected chi connectivity index (χ3v) is 7.41. The molecule has 0 radical (unpaired) electrons. The summed E-state index contributed by atoms with van der Waals surface area (Å²) in [5.74, 6) is 1.50. The molecule has 208 valence electrons. The van der Waals surface area contributed by atoms with E-state index in [0.29, 0.717) is 43.9 Å². The van der Waals surface area contributed by atoms with Gasteiger partial charge in [0.15, 0.2) is 0 Å². The number of methoxy groups -OCH3 is 1. The number of amides is 2. The Hall–Kier alpha value is -4.76. The molecule has 0 spiro atoms. The molecular formula is C32H31N5O4. The number of carbonyl (C=O) groups is 2. The molecule has 1 N–H and O–H groups in total. The number of nitrogens with zero attached hydrogens (tertiary/aromatic N) is 4. The first kappa shape index (κ1) is 26.5.